The van der Waals surface area contributed by atoms with E-state index in [-0.39, 0.29) is 12.4 Å². The average molecular weight is 272 g/mol. The highest BCUT2D eigenvalue weighted by atomic mass is 16.5. The van der Waals surface area contributed by atoms with Crippen molar-refractivity contribution in [2.24, 2.45) is 0 Å². The van der Waals surface area contributed by atoms with E-state index in [0.29, 0.717) is 24.0 Å². The van der Waals surface area contributed by atoms with Crippen LogP contribution in [0.3, 0.4) is 0 Å². The van der Waals surface area contributed by atoms with Gasteiger partial charge in [-0.2, -0.15) is 0 Å². The summed E-state index contributed by atoms with van der Waals surface area (Å²) >= 11 is 0. The third kappa shape index (κ3) is 3.68. The molecule has 0 saturated heterocycles. The van der Waals surface area contributed by atoms with Crippen LogP contribution in [-0.4, -0.2) is 29.6 Å². The van der Waals surface area contributed by atoms with E-state index in [4.69, 9.17) is 5.73 Å². The highest BCUT2D eigenvalue weighted by Gasteiger charge is 2.06. The van der Waals surface area contributed by atoms with Crippen LogP contribution in [0.25, 0.3) is 11.4 Å². The van der Waals surface area contributed by atoms with Crippen molar-refractivity contribution < 1.29 is 9.53 Å². The van der Waals surface area contributed by atoms with E-state index >= 15 is 0 Å². The Morgan fingerprint density at radius 3 is 2.75 bits per heavy atom. The molecule has 0 aliphatic rings. The maximum atomic E-state index is 11.0. The molecule has 0 atom stereocenters. The van der Waals surface area contributed by atoms with Crippen LogP contribution in [0.15, 0.2) is 36.4 Å². The molecule has 0 spiro atoms. The van der Waals surface area contributed by atoms with Crippen LogP contribution in [0.1, 0.15) is 6.42 Å². The Labute approximate surface area is 117 Å². The van der Waals surface area contributed by atoms with Gasteiger partial charge in [0, 0.05) is 18.2 Å². The predicted octanol–water partition coefficient (Wildman–Crippen LogP) is 1.70. The molecule has 1 aromatic carbocycles. The molecule has 0 fully saturated rings. The van der Waals surface area contributed by atoms with Crippen LogP contribution >= 0.6 is 0 Å². The van der Waals surface area contributed by atoms with Gasteiger partial charge in [-0.1, -0.05) is 30.3 Å². The van der Waals surface area contributed by atoms with Crippen LogP contribution in [-0.2, 0) is 9.53 Å². The standard InChI is InChI=1S/C14H16N4O2/c1-20-13(19)7-8-16-12-9-11(15)17-14(18-12)10-5-3-2-4-6-10/h2-6,9H,7-8H2,1H3,(H3,15,16,17,18). The number of nitrogens with two attached hydrogens (primary N) is 1. The molecular formula is C14H16N4O2. The Balaban J connectivity index is 2.11. The Morgan fingerprint density at radius 2 is 2.05 bits per heavy atom. The van der Waals surface area contributed by atoms with Gasteiger partial charge in [0.25, 0.3) is 0 Å². The van der Waals surface area contributed by atoms with E-state index in [1.807, 2.05) is 30.3 Å². The third-order valence-electron chi connectivity index (χ3n) is 2.64. The van der Waals surface area contributed by atoms with Crippen LogP contribution < -0.4 is 11.1 Å². The number of carbonyl (C=O) groups excluding carboxylic acids is 1. The van der Waals surface area contributed by atoms with Crippen molar-refractivity contribution in [2.45, 2.75) is 6.42 Å². The number of carbonyl (C=O) groups is 1. The number of rotatable bonds is 5. The Kier molecular flexibility index (Phi) is 4.49. The minimum absolute atomic E-state index is 0.265. The van der Waals surface area contributed by atoms with Gasteiger partial charge in [0.2, 0.25) is 0 Å². The monoisotopic (exact) mass is 272 g/mol. The lowest BCUT2D eigenvalue weighted by molar-refractivity contribution is -0.140. The molecule has 1 aromatic heterocycles. The molecule has 2 rings (SSSR count). The van der Waals surface area contributed by atoms with Crippen molar-refractivity contribution in [2.75, 3.05) is 24.7 Å². The lowest BCUT2D eigenvalue weighted by atomic mass is 10.2. The first-order chi connectivity index (χ1) is 9.69. The van der Waals surface area contributed by atoms with Crippen LogP contribution in [0, 0.1) is 0 Å². The molecule has 2 aromatic rings. The second-order valence-corrected chi connectivity index (χ2v) is 4.12. The molecule has 1 heterocycles. The molecule has 6 heteroatoms. The quantitative estimate of drug-likeness (QED) is 0.805. The predicted molar refractivity (Wildman–Crippen MR) is 77.0 cm³/mol. The summed E-state index contributed by atoms with van der Waals surface area (Å²) in [4.78, 5) is 19.6. The Hall–Kier alpha value is -2.63. The van der Waals surface area contributed by atoms with Gasteiger partial charge in [-0.25, -0.2) is 9.97 Å². The smallest absolute Gasteiger partial charge is 0.307 e. The lowest BCUT2D eigenvalue weighted by Crippen LogP contribution is -2.11. The number of aromatic nitrogens is 2. The van der Waals surface area contributed by atoms with Crippen molar-refractivity contribution in [1.82, 2.24) is 9.97 Å². The molecule has 0 aliphatic carbocycles. The van der Waals surface area contributed by atoms with Crippen molar-refractivity contribution in [3.8, 4) is 11.4 Å². The van der Waals surface area contributed by atoms with E-state index in [1.165, 1.54) is 7.11 Å². The number of anilines is 2. The number of nitrogens with zero attached hydrogens (tertiary/aromatic N) is 2. The fourth-order valence-corrected chi connectivity index (χ4v) is 1.67. The van der Waals surface area contributed by atoms with Crippen molar-refractivity contribution >= 4 is 17.6 Å². The first kappa shape index (κ1) is 13.8. The number of esters is 1. The number of benzene rings is 1. The summed E-state index contributed by atoms with van der Waals surface area (Å²) < 4.78 is 4.57. The summed E-state index contributed by atoms with van der Waals surface area (Å²) in [6.45, 7) is 0.428. The van der Waals surface area contributed by atoms with E-state index in [1.54, 1.807) is 6.07 Å². The highest BCUT2D eigenvalue weighted by molar-refractivity contribution is 5.70. The SMILES string of the molecule is COC(=O)CCNc1cc(N)nc(-c2ccccc2)n1. The van der Waals surface area contributed by atoms with E-state index < -0.39 is 0 Å². The van der Waals surface area contributed by atoms with Crippen LogP contribution in [0.4, 0.5) is 11.6 Å². The van der Waals surface area contributed by atoms with Gasteiger partial charge in [-0.05, 0) is 0 Å². The van der Waals surface area contributed by atoms with Gasteiger partial charge < -0.3 is 15.8 Å². The van der Waals surface area contributed by atoms with Crippen LogP contribution in [0.5, 0.6) is 0 Å². The van der Waals surface area contributed by atoms with Gasteiger partial charge in [-0.3, -0.25) is 4.79 Å². The van der Waals surface area contributed by atoms with E-state index in [9.17, 15) is 4.79 Å². The summed E-state index contributed by atoms with van der Waals surface area (Å²) in [6.07, 6.45) is 0.265. The second kappa shape index (κ2) is 6.51. The molecule has 0 bridgehead atoms. The fourth-order valence-electron chi connectivity index (χ4n) is 1.67. The minimum Gasteiger partial charge on any atom is -0.469 e. The lowest BCUT2D eigenvalue weighted by Gasteiger charge is -2.08. The second-order valence-electron chi connectivity index (χ2n) is 4.12. The normalized spacial score (nSPS) is 10.1. The summed E-state index contributed by atoms with van der Waals surface area (Å²) in [5, 5.41) is 3.03. The maximum Gasteiger partial charge on any atom is 0.307 e. The fraction of sp³-hybridized carbons (Fsp3) is 0.214. The molecule has 0 amide bonds. The molecular weight excluding hydrogens is 256 g/mol. The zero-order chi connectivity index (χ0) is 14.4. The first-order valence-electron chi connectivity index (χ1n) is 6.19. The summed E-state index contributed by atoms with van der Waals surface area (Å²) in [6, 6.07) is 11.2. The largest absolute Gasteiger partial charge is 0.469 e. The number of hydrogen-bond donors (Lipinski definition) is 2. The molecule has 0 aliphatic heterocycles. The van der Waals surface area contributed by atoms with Gasteiger partial charge >= 0.3 is 5.97 Å². The van der Waals surface area contributed by atoms with Gasteiger partial charge in [0.15, 0.2) is 5.82 Å². The van der Waals surface area contributed by atoms with E-state index in [0.717, 1.165) is 5.56 Å². The summed E-state index contributed by atoms with van der Waals surface area (Å²) in [5.41, 5.74) is 6.66. The zero-order valence-corrected chi connectivity index (χ0v) is 11.2. The number of nitrogens with one attached hydrogen (secondary N) is 1. The molecule has 0 unspecified atom stereocenters. The number of nitrogen functional groups attached to an aromatic ring is 1. The van der Waals surface area contributed by atoms with Crippen molar-refractivity contribution in [1.29, 1.82) is 0 Å². The van der Waals surface area contributed by atoms with E-state index in [2.05, 4.69) is 20.0 Å². The number of ether oxygens (including phenoxy) is 1. The van der Waals surface area contributed by atoms with Crippen molar-refractivity contribution in [3.63, 3.8) is 0 Å². The molecule has 0 radical (unpaired) electrons. The van der Waals surface area contributed by atoms with Crippen molar-refractivity contribution in [3.05, 3.63) is 36.4 Å². The zero-order valence-electron chi connectivity index (χ0n) is 11.2. The Morgan fingerprint density at radius 1 is 1.30 bits per heavy atom. The third-order valence-corrected chi connectivity index (χ3v) is 2.64. The van der Waals surface area contributed by atoms with Crippen LogP contribution in [0.2, 0.25) is 0 Å². The summed E-state index contributed by atoms with van der Waals surface area (Å²) in [5.74, 6) is 1.23. The average Bonchev–Trinajstić information content (AvgIpc) is 2.47. The highest BCUT2D eigenvalue weighted by Crippen LogP contribution is 2.18. The number of hydrogen-bond acceptors (Lipinski definition) is 6. The van der Waals surface area contributed by atoms with Gasteiger partial charge in [0.1, 0.15) is 11.6 Å². The Bertz CT molecular complexity index is 587. The molecule has 6 nitrogen and oxygen atoms in total. The van der Waals surface area contributed by atoms with Gasteiger partial charge in [-0.15, -0.1) is 0 Å². The first-order valence-corrected chi connectivity index (χ1v) is 6.19. The molecule has 20 heavy (non-hydrogen) atoms. The molecule has 3 N–H and O–H groups in total. The summed E-state index contributed by atoms with van der Waals surface area (Å²) in [7, 11) is 1.36. The number of methoxy groups -OCH3 is 1. The topological polar surface area (TPSA) is 90.1 Å². The molecule has 0 saturated carbocycles. The minimum atomic E-state index is -0.275. The van der Waals surface area contributed by atoms with Gasteiger partial charge in [0.05, 0.1) is 13.5 Å². The molecule has 104 valence electrons. The maximum absolute atomic E-state index is 11.0.